The minimum Gasteiger partial charge on any atom is -0.486 e. The zero-order valence-electron chi connectivity index (χ0n) is 10.5. The lowest BCUT2D eigenvalue weighted by molar-refractivity contribution is 0.289. The van der Waals surface area contributed by atoms with Crippen LogP contribution < -0.4 is 4.74 Å². The zero-order valence-corrected chi connectivity index (χ0v) is 12.1. The Morgan fingerprint density at radius 3 is 2.79 bits per heavy atom. The third-order valence-electron chi connectivity index (χ3n) is 2.45. The number of aromatic amines is 1. The van der Waals surface area contributed by atoms with Crippen molar-refractivity contribution < 1.29 is 4.74 Å². The Bertz CT molecular complexity index is 630. The van der Waals surface area contributed by atoms with Crippen LogP contribution in [0, 0.1) is 4.77 Å². The Hall–Kier alpha value is -1.59. The molecule has 1 N–H and O–H groups in total. The summed E-state index contributed by atoms with van der Waals surface area (Å²) in [6.07, 6.45) is 0. The smallest absolute Gasteiger partial charge is 0.195 e. The summed E-state index contributed by atoms with van der Waals surface area (Å²) in [5.41, 5.74) is 1.00. The van der Waals surface area contributed by atoms with Gasteiger partial charge in [-0.05, 0) is 43.4 Å². The number of H-pyrrole nitrogens is 1. The molecule has 0 spiro atoms. The number of hydrogen-bond acceptors (Lipinski definition) is 3. The normalized spacial score (nSPS) is 10.4. The number of benzene rings is 1. The minimum atomic E-state index is 0.335. The molecular formula is C13H14ClN3OS. The Kier molecular flexibility index (Phi) is 4.39. The topological polar surface area (TPSA) is 42.8 Å². The van der Waals surface area contributed by atoms with Gasteiger partial charge in [-0.25, -0.2) is 0 Å². The number of nitrogens with zero attached hydrogens (tertiary/aromatic N) is 2. The largest absolute Gasteiger partial charge is 0.486 e. The predicted octanol–water partition coefficient (Wildman–Crippen LogP) is 3.75. The van der Waals surface area contributed by atoms with Crippen LogP contribution in [0.15, 0.2) is 36.4 Å². The maximum absolute atomic E-state index is 5.81. The van der Waals surface area contributed by atoms with Crippen molar-refractivity contribution in [3.8, 4) is 5.75 Å². The molecule has 0 saturated heterocycles. The SMILES string of the molecule is C=C(C)Cn1c(COc2ccc(Cl)cc2)n[nH]c1=S. The summed E-state index contributed by atoms with van der Waals surface area (Å²) < 4.78 is 8.08. The average Bonchev–Trinajstić information content (AvgIpc) is 2.70. The quantitative estimate of drug-likeness (QED) is 0.675. The predicted molar refractivity (Wildman–Crippen MR) is 78.0 cm³/mol. The highest BCUT2D eigenvalue weighted by Crippen LogP contribution is 2.16. The summed E-state index contributed by atoms with van der Waals surface area (Å²) in [7, 11) is 0. The highest BCUT2D eigenvalue weighted by molar-refractivity contribution is 7.71. The number of aromatic nitrogens is 3. The lowest BCUT2D eigenvalue weighted by Crippen LogP contribution is -2.08. The van der Waals surface area contributed by atoms with E-state index in [1.165, 1.54) is 0 Å². The summed E-state index contributed by atoms with van der Waals surface area (Å²) in [5.74, 6) is 1.48. The van der Waals surface area contributed by atoms with Crippen molar-refractivity contribution in [2.75, 3.05) is 0 Å². The molecule has 0 aliphatic rings. The van der Waals surface area contributed by atoms with Gasteiger partial charge >= 0.3 is 0 Å². The van der Waals surface area contributed by atoms with Gasteiger partial charge in [0.15, 0.2) is 10.6 Å². The Balaban J connectivity index is 2.09. The molecule has 0 atom stereocenters. The molecule has 6 heteroatoms. The second-order valence-electron chi connectivity index (χ2n) is 4.23. The maximum Gasteiger partial charge on any atom is 0.195 e. The van der Waals surface area contributed by atoms with E-state index in [1.54, 1.807) is 12.1 Å². The molecule has 0 aliphatic heterocycles. The molecule has 1 aromatic carbocycles. The Morgan fingerprint density at radius 2 is 2.16 bits per heavy atom. The van der Waals surface area contributed by atoms with Crippen LogP contribution in [0.1, 0.15) is 12.7 Å². The molecule has 0 aliphatic carbocycles. The van der Waals surface area contributed by atoms with E-state index in [9.17, 15) is 0 Å². The summed E-state index contributed by atoms with van der Waals surface area (Å²) in [6, 6.07) is 7.18. The highest BCUT2D eigenvalue weighted by atomic mass is 35.5. The van der Waals surface area contributed by atoms with E-state index in [4.69, 9.17) is 28.6 Å². The summed E-state index contributed by atoms with van der Waals surface area (Å²) in [4.78, 5) is 0. The van der Waals surface area contributed by atoms with Crippen molar-refractivity contribution in [2.45, 2.75) is 20.1 Å². The molecule has 0 amide bonds. The Morgan fingerprint density at radius 1 is 1.47 bits per heavy atom. The fraction of sp³-hybridized carbons (Fsp3) is 0.231. The van der Waals surface area contributed by atoms with E-state index in [2.05, 4.69) is 16.8 Å². The molecule has 19 heavy (non-hydrogen) atoms. The van der Waals surface area contributed by atoms with Gasteiger partial charge in [0.05, 0.1) is 0 Å². The molecule has 0 bridgehead atoms. The lowest BCUT2D eigenvalue weighted by Gasteiger charge is -2.08. The minimum absolute atomic E-state index is 0.335. The molecule has 0 radical (unpaired) electrons. The molecule has 0 saturated carbocycles. The van der Waals surface area contributed by atoms with Gasteiger partial charge in [-0.1, -0.05) is 23.8 Å². The first-order valence-corrected chi connectivity index (χ1v) is 6.51. The van der Waals surface area contributed by atoms with E-state index in [0.29, 0.717) is 22.9 Å². The van der Waals surface area contributed by atoms with Gasteiger partial charge in [0, 0.05) is 11.6 Å². The van der Waals surface area contributed by atoms with Gasteiger partial charge in [0.1, 0.15) is 12.4 Å². The fourth-order valence-corrected chi connectivity index (χ4v) is 1.91. The molecule has 4 nitrogen and oxygen atoms in total. The monoisotopic (exact) mass is 295 g/mol. The third-order valence-corrected chi connectivity index (χ3v) is 3.01. The second-order valence-corrected chi connectivity index (χ2v) is 5.05. The van der Waals surface area contributed by atoms with Crippen LogP contribution >= 0.6 is 23.8 Å². The van der Waals surface area contributed by atoms with Crippen molar-refractivity contribution >= 4 is 23.8 Å². The lowest BCUT2D eigenvalue weighted by atomic mass is 10.3. The number of allylic oxidation sites excluding steroid dienone is 1. The van der Waals surface area contributed by atoms with Gasteiger partial charge in [0.25, 0.3) is 0 Å². The summed E-state index contributed by atoms with van der Waals surface area (Å²) in [5, 5.41) is 7.59. The van der Waals surface area contributed by atoms with Gasteiger partial charge < -0.3 is 4.74 Å². The zero-order chi connectivity index (χ0) is 13.8. The van der Waals surface area contributed by atoms with Crippen molar-refractivity contribution in [1.29, 1.82) is 0 Å². The van der Waals surface area contributed by atoms with Crippen molar-refractivity contribution in [3.05, 3.63) is 52.0 Å². The molecule has 2 aromatic rings. The van der Waals surface area contributed by atoms with E-state index in [0.717, 1.165) is 17.1 Å². The van der Waals surface area contributed by atoms with Gasteiger partial charge in [-0.3, -0.25) is 9.67 Å². The molecule has 0 fully saturated rings. The molecule has 2 rings (SSSR count). The average molecular weight is 296 g/mol. The molecule has 1 heterocycles. The van der Waals surface area contributed by atoms with E-state index >= 15 is 0 Å². The van der Waals surface area contributed by atoms with Crippen LogP contribution in [-0.4, -0.2) is 14.8 Å². The highest BCUT2D eigenvalue weighted by Gasteiger charge is 2.07. The third kappa shape index (κ3) is 3.68. The first-order valence-electron chi connectivity index (χ1n) is 5.73. The number of ether oxygens (including phenoxy) is 1. The van der Waals surface area contributed by atoms with Crippen LogP contribution in [-0.2, 0) is 13.2 Å². The molecule has 100 valence electrons. The molecule has 0 unspecified atom stereocenters. The molecular weight excluding hydrogens is 282 g/mol. The standard InChI is InChI=1S/C13H14ClN3OS/c1-9(2)7-17-12(15-16-13(17)19)8-18-11-5-3-10(14)4-6-11/h3-6H,1,7-8H2,2H3,(H,16,19). The first-order chi connectivity index (χ1) is 9.06. The van der Waals surface area contributed by atoms with Crippen molar-refractivity contribution in [2.24, 2.45) is 0 Å². The van der Waals surface area contributed by atoms with E-state index < -0.39 is 0 Å². The van der Waals surface area contributed by atoms with Crippen molar-refractivity contribution in [3.63, 3.8) is 0 Å². The van der Waals surface area contributed by atoms with E-state index in [-0.39, 0.29) is 0 Å². The fourth-order valence-electron chi connectivity index (χ4n) is 1.57. The van der Waals surface area contributed by atoms with Crippen LogP contribution in [0.5, 0.6) is 5.75 Å². The first kappa shape index (κ1) is 13.8. The van der Waals surface area contributed by atoms with Gasteiger partial charge in [-0.15, -0.1) is 0 Å². The van der Waals surface area contributed by atoms with Gasteiger partial charge in [0.2, 0.25) is 0 Å². The van der Waals surface area contributed by atoms with E-state index in [1.807, 2.05) is 23.6 Å². The summed E-state index contributed by atoms with van der Waals surface area (Å²) >= 11 is 11.0. The van der Waals surface area contributed by atoms with Crippen LogP contribution in [0.25, 0.3) is 0 Å². The molecule has 1 aromatic heterocycles. The maximum atomic E-state index is 5.81. The van der Waals surface area contributed by atoms with Crippen LogP contribution in [0.4, 0.5) is 0 Å². The van der Waals surface area contributed by atoms with Crippen LogP contribution in [0.2, 0.25) is 5.02 Å². The Labute approximate surface area is 121 Å². The number of nitrogens with one attached hydrogen (secondary N) is 1. The number of hydrogen-bond donors (Lipinski definition) is 1. The number of rotatable bonds is 5. The number of halogens is 1. The van der Waals surface area contributed by atoms with Gasteiger partial charge in [-0.2, -0.15) is 5.10 Å². The van der Waals surface area contributed by atoms with Crippen LogP contribution in [0.3, 0.4) is 0 Å². The second kappa shape index (κ2) is 6.04. The van der Waals surface area contributed by atoms with Crippen molar-refractivity contribution in [1.82, 2.24) is 14.8 Å². The summed E-state index contributed by atoms with van der Waals surface area (Å²) in [6.45, 7) is 6.79.